The monoisotopic (exact) mass is 311 g/mol. The van der Waals surface area contributed by atoms with E-state index in [0.29, 0.717) is 25.0 Å². The number of guanidine groups is 1. The summed E-state index contributed by atoms with van der Waals surface area (Å²) in [5.74, 6) is 1.85. The molecule has 0 spiro atoms. The smallest absolute Gasteiger partial charge is 0.188 e. The summed E-state index contributed by atoms with van der Waals surface area (Å²) >= 11 is 0. The molecule has 4 heteroatoms. The van der Waals surface area contributed by atoms with Crippen LogP contribution in [0.3, 0.4) is 0 Å². The van der Waals surface area contributed by atoms with E-state index in [1.165, 1.54) is 0 Å². The fourth-order valence-corrected chi connectivity index (χ4v) is 2.13. The van der Waals surface area contributed by atoms with Gasteiger partial charge in [0.15, 0.2) is 5.96 Å². The highest BCUT2D eigenvalue weighted by molar-refractivity contribution is 5.77. The second kappa shape index (κ2) is 8.83. The third kappa shape index (κ3) is 5.66. The Labute approximate surface area is 138 Å². The summed E-state index contributed by atoms with van der Waals surface area (Å²) in [5, 5.41) is 3.07. The van der Waals surface area contributed by atoms with Crippen LogP contribution in [0.5, 0.6) is 5.75 Å². The highest BCUT2D eigenvalue weighted by Gasteiger charge is 2.05. The maximum absolute atomic E-state index is 5.89. The Morgan fingerprint density at radius 1 is 1.09 bits per heavy atom. The molecule has 0 aliphatic rings. The highest BCUT2D eigenvalue weighted by atomic mass is 16.5. The van der Waals surface area contributed by atoms with Gasteiger partial charge >= 0.3 is 0 Å². The van der Waals surface area contributed by atoms with E-state index in [9.17, 15) is 0 Å². The minimum absolute atomic E-state index is 0.471. The molecule has 122 valence electrons. The molecule has 0 atom stereocenters. The predicted molar refractivity (Wildman–Crippen MR) is 96.7 cm³/mol. The van der Waals surface area contributed by atoms with E-state index in [0.717, 1.165) is 23.4 Å². The van der Waals surface area contributed by atoms with E-state index in [1.807, 2.05) is 36.4 Å². The summed E-state index contributed by atoms with van der Waals surface area (Å²) in [6.07, 6.45) is 0. The third-order valence-corrected chi connectivity index (χ3v) is 3.26. The van der Waals surface area contributed by atoms with Gasteiger partial charge in [0, 0.05) is 12.1 Å². The molecule has 0 heterocycles. The molecule has 23 heavy (non-hydrogen) atoms. The number of para-hydroxylation sites is 1. The molecule has 2 aromatic carbocycles. The quantitative estimate of drug-likeness (QED) is 0.468. The molecule has 0 aliphatic heterocycles. The molecule has 0 aliphatic carbocycles. The van der Waals surface area contributed by atoms with Gasteiger partial charge in [-0.1, -0.05) is 62.4 Å². The standard InChI is InChI=1S/C19H25N3O/c1-15(2)14-22-19(20)21-12-13-23-18-11-7-6-10-17(18)16-8-4-3-5-9-16/h3-11,15H,12-14H2,1-2H3,(H3,20,21,22). The molecule has 2 aromatic rings. The first-order valence-corrected chi connectivity index (χ1v) is 7.98. The van der Waals surface area contributed by atoms with E-state index >= 15 is 0 Å². The van der Waals surface area contributed by atoms with Crippen molar-refractivity contribution in [3.8, 4) is 16.9 Å². The molecule has 3 N–H and O–H groups in total. The second-order valence-electron chi connectivity index (χ2n) is 5.76. The van der Waals surface area contributed by atoms with Crippen LogP contribution >= 0.6 is 0 Å². The molecule has 2 rings (SSSR count). The van der Waals surface area contributed by atoms with Crippen LogP contribution in [0, 0.1) is 5.92 Å². The Morgan fingerprint density at radius 3 is 2.52 bits per heavy atom. The van der Waals surface area contributed by atoms with Crippen molar-refractivity contribution in [2.24, 2.45) is 16.6 Å². The van der Waals surface area contributed by atoms with Crippen molar-refractivity contribution in [1.29, 1.82) is 0 Å². The summed E-state index contributed by atoms with van der Waals surface area (Å²) in [6.45, 7) is 6.11. The molecular weight excluding hydrogens is 286 g/mol. The minimum Gasteiger partial charge on any atom is -0.491 e. The lowest BCUT2D eigenvalue weighted by atomic mass is 10.1. The summed E-state index contributed by atoms with van der Waals surface area (Å²) < 4.78 is 5.89. The summed E-state index contributed by atoms with van der Waals surface area (Å²) in [6, 6.07) is 18.3. The molecule has 0 bridgehead atoms. The van der Waals surface area contributed by atoms with Crippen LogP contribution in [0.1, 0.15) is 13.8 Å². The Bertz CT molecular complexity index is 624. The molecule has 0 unspecified atom stereocenters. The number of nitrogens with one attached hydrogen (secondary N) is 1. The normalized spacial score (nSPS) is 11.5. The summed E-state index contributed by atoms with van der Waals surface area (Å²) in [4.78, 5) is 4.26. The topological polar surface area (TPSA) is 59.6 Å². The molecule has 4 nitrogen and oxygen atoms in total. The van der Waals surface area contributed by atoms with E-state index in [2.05, 4.69) is 42.4 Å². The van der Waals surface area contributed by atoms with Crippen LogP contribution < -0.4 is 15.8 Å². The zero-order chi connectivity index (χ0) is 16.5. The lowest BCUT2D eigenvalue weighted by Crippen LogP contribution is -2.35. The van der Waals surface area contributed by atoms with Gasteiger partial charge in [-0.2, -0.15) is 0 Å². The number of benzene rings is 2. The Morgan fingerprint density at radius 2 is 1.78 bits per heavy atom. The van der Waals surface area contributed by atoms with Crippen molar-refractivity contribution in [1.82, 2.24) is 5.32 Å². The van der Waals surface area contributed by atoms with E-state index in [1.54, 1.807) is 0 Å². The SMILES string of the molecule is CC(C)CN=C(N)NCCOc1ccccc1-c1ccccc1. The van der Waals surface area contributed by atoms with Crippen molar-refractivity contribution in [2.45, 2.75) is 13.8 Å². The van der Waals surface area contributed by atoms with Crippen LogP contribution in [-0.2, 0) is 0 Å². The molecule has 0 saturated carbocycles. The maximum atomic E-state index is 5.89. The van der Waals surface area contributed by atoms with Crippen LogP contribution in [0.2, 0.25) is 0 Å². The number of rotatable bonds is 7. The van der Waals surface area contributed by atoms with Crippen molar-refractivity contribution in [3.63, 3.8) is 0 Å². The van der Waals surface area contributed by atoms with Crippen LogP contribution in [0.4, 0.5) is 0 Å². The van der Waals surface area contributed by atoms with Gasteiger partial charge in [0.25, 0.3) is 0 Å². The van der Waals surface area contributed by atoms with Gasteiger partial charge in [-0.3, -0.25) is 4.99 Å². The first-order chi connectivity index (χ1) is 11.2. The van der Waals surface area contributed by atoms with Gasteiger partial charge in [0.1, 0.15) is 12.4 Å². The number of nitrogens with zero attached hydrogens (tertiary/aromatic N) is 1. The maximum Gasteiger partial charge on any atom is 0.188 e. The molecule has 0 fully saturated rings. The number of nitrogens with two attached hydrogens (primary N) is 1. The second-order valence-corrected chi connectivity index (χ2v) is 5.76. The molecule has 0 radical (unpaired) electrons. The zero-order valence-electron chi connectivity index (χ0n) is 13.8. The van der Waals surface area contributed by atoms with Crippen LogP contribution in [0.15, 0.2) is 59.6 Å². The zero-order valence-corrected chi connectivity index (χ0v) is 13.8. The van der Waals surface area contributed by atoms with Gasteiger partial charge < -0.3 is 15.8 Å². The van der Waals surface area contributed by atoms with Gasteiger partial charge in [-0.25, -0.2) is 0 Å². The molecule has 0 amide bonds. The van der Waals surface area contributed by atoms with Crippen molar-refractivity contribution in [3.05, 3.63) is 54.6 Å². The van der Waals surface area contributed by atoms with Gasteiger partial charge in [-0.05, 0) is 17.5 Å². The van der Waals surface area contributed by atoms with Crippen molar-refractivity contribution >= 4 is 5.96 Å². The lowest BCUT2D eigenvalue weighted by molar-refractivity contribution is 0.323. The largest absolute Gasteiger partial charge is 0.491 e. The molecular formula is C19H25N3O. The number of hydrogen-bond donors (Lipinski definition) is 2. The van der Waals surface area contributed by atoms with Crippen molar-refractivity contribution < 1.29 is 4.74 Å². The Balaban J connectivity index is 1.88. The molecule has 0 aromatic heterocycles. The third-order valence-electron chi connectivity index (χ3n) is 3.26. The number of hydrogen-bond acceptors (Lipinski definition) is 2. The molecule has 0 saturated heterocycles. The number of aliphatic imine (C=N–C) groups is 1. The van der Waals surface area contributed by atoms with Crippen molar-refractivity contribution in [2.75, 3.05) is 19.7 Å². The minimum atomic E-state index is 0.471. The first kappa shape index (κ1) is 16.9. The average molecular weight is 311 g/mol. The van der Waals surface area contributed by atoms with Gasteiger partial charge in [0.2, 0.25) is 0 Å². The predicted octanol–water partition coefficient (Wildman–Crippen LogP) is 3.29. The van der Waals surface area contributed by atoms with Gasteiger partial charge in [0.05, 0.1) is 6.54 Å². The Kier molecular flexibility index (Phi) is 6.48. The summed E-state index contributed by atoms with van der Waals surface area (Å²) in [7, 11) is 0. The highest BCUT2D eigenvalue weighted by Crippen LogP contribution is 2.29. The number of ether oxygens (including phenoxy) is 1. The average Bonchev–Trinajstić information content (AvgIpc) is 2.58. The van der Waals surface area contributed by atoms with E-state index in [-0.39, 0.29) is 0 Å². The van der Waals surface area contributed by atoms with Gasteiger partial charge in [-0.15, -0.1) is 0 Å². The fraction of sp³-hybridized carbons (Fsp3) is 0.316. The first-order valence-electron chi connectivity index (χ1n) is 7.98. The van der Waals surface area contributed by atoms with E-state index in [4.69, 9.17) is 10.5 Å². The summed E-state index contributed by atoms with van der Waals surface area (Å²) in [5.41, 5.74) is 8.05. The van der Waals surface area contributed by atoms with Crippen LogP contribution in [0.25, 0.3) is 11.1 Å². The Hall–Kier alpha value is -2.49. The van der Waals surface area contributed by atoms with Crippen LogP contribution in [-0.4, -0.2) is 25.7 Å². The lowest BCUT2D eigenvalue weighted by Gasteiger charge is -2.12. The fourth-order valence-electron chi connectivity index (χ4n) is 2.13. The van der Waals surface area contributed by atoms with E-state index < -0.39 is 0 Å².